The predicted molar refractivity (Wildman–Crippen MR) is 135 cm³/mol. The quantitative estimate of drug-likeness (QED) is 0.167. The molecule has 8 nitrogen and oxygen atoms in total. The molecule has 0 aliphatic rings. The Bertz CT molecular complexity index is 1730. The predicted octanol–water partition coefficient (Wildman–Crippen LogP) is 6.46. The van der Waals surface area contributed by atoms with Crippen LogP contribution in [0.1, 0.15) is 38.3 Å². The summed E-state index contributed by atoms with van der Waals surface area (Å²) in [5, 5.41) is 21.8. The summed E-state index contributed by atoms with van der Waals surface area (Å²) in [5.41, 5.74) is -3.37. The van der Waals surface area contributed by atoms with Crippen LogP contribution in [0.5, 0.6) is 0 Å². The zero-order valence-electron chi connectivity index (χ0n) is 20.9. The number of nitrogens with zero attached hydrogens (tertiary/aromatic N) is 5. The van der Waals surface area contributed by atoms with Crippen LogP contribution in [0.4, 0.5) is 26.3 Å². The number of hydrogen-bond donors (Lipinski definition) is 1. The van der Waals surface area contributed by atoms with Crippen molar-refractivity contribution in [1.29, 1.82) is 0 Å². The third-order valence-electron chi connectivity index (χ3n) is 6.14. The first-order valence-electron chi connectivity index (χ1n) is 11.9. The van der Waals surface area contributed by atoms with E-state index in [0.29, 0.717) is 17.7 Å². The lowest BCUT2D eigenvalue weighted by molar-refractivity contribution is -0.143. The van der Waals surface area contributed by atoms with Crippen LogP contribution < -0.4 is 0 Å². The lowest BCUT2D eigenvalue weighted by Gasteiger charge is -2.15. The number of rotatable bonds is 7. The van der Waals surface area contributed by atoms with Crippen molar-refractivity contribution >= 4 is 17.4 Å². The number of alkyl halides is 6. The van der Waals surface area contributed by atoms with Gasteiger partial charge in [0.05, 0.1) is 34.9 Å². The molecule has 3 aromatic heterocycles. The molecule has 0 unspecified atom stereocenters. The van der Waals surface area contributed by atoms with Gasteiger partial charge in [0.25, 0.3) is 0 Å². The second-order valence-electron chi connectivity index (χ2n) is 8.89. The van der Waals surface area contributed by atoms with E-state index >= 15 is 0 Å². The fourth-order valence-corrected chi connectivity index (χ4v) is 4.48. The van der Waals surface area contributed by atoms with E-state index in [1.165, 1.54) is 36.7 Å². The molecule has 0 saturated heterocycles. The molecule has 0 aliphatic carbocycles. The minimum absolute atomic E-state index is 0.0254. The number of carbonyl (C=O) groups is 1. The van der Waals surface area contributed by atoms with Crippen LogP contribution in [-0.2, 0) is 25.5 Å². The van der Waals surface area contributed by atoms with Crippen LogP contribution in [-0.4, -0.2) is 36.0 Å². The molecule has 5 aromatic rings. The molecule has 0 saturated carbocycles. The molecule has 0 spiro atoms. The average molecular weight is 608 g/mol. The van der Waals surface area contributed by atoms with E-state index in [0.717, 1.165) is 4.68 Å². The maximum absolute atomic E-state index is 13.5. The highest BCUT2D eigenvalue weighted by molar-refractivity contribution is 6.35. The first-order chi connectivity index (χ1) is 19.9. The fourth-order valence-electron chi connectivity index (χ4n) is 4.26. The largest absolute Gasteiger partial charge is 0.416 e. The van der Waals surface area contributed by atoms with E-state index in [-0.39, 0.29) is 50.6 Å². The standard InChI is InChI=1S/C27H16ClF6N5O3/c28-19-4-2-1-3-18(19)24(41)21-20(13-40)37-42-25(21)22-23(15-5-7-35-8-6-15)39(38-36-22)12-14-9-16(26(29,30)31)11-17(10-14)27(32,33)34/h1-11,40H,12-13H2. The number of benzene rings is 2. The Morgan fingerprint density at radius 1 is 0.952 bits per heavy atom. The molecule has 0 radical (unpaired) electrons. The van der Waals surface area contributed by atoms with Gasteiger partial charge in [0.1, 0.15) is 11.4 Å². The Hall–Kier alpha value is -4.56. The van der Waals surface area contributed by atoms with Crippen molar-refractivity contribution in [2.75, 3.05) is 0 Å². The topological polar surface area (TPSA) is 107 Å². The van der Waals surface area contributed by atoms with E-state index in [1.54, 1.807) is 12.1 Å². The van der Waals surface area contributed by atoms with Crippen molar-refractivity contribution in [1.82, 2.24) is 25.1 Å². The summed E-state index contributed by atoms with van der Waals surface area (Å²) in [4.78, 5) is 17.5. The van der Waals surface area contributed by atoms with Gasteiger partial charge in [-0.25, -0.2) is 4.68 Å². The SMILES string of the molecule is O=C(c1ccccc1Cl)c1c(CO)noc1-c1nnn(Cc2cc(C(F)(F)F)cc(C(F)(F)F)c2)c1-c1ccncc1. The first kappa shape index (κ1) is 29.0. The van der Waals surface area contributed by atoms with Crippen molar-refractivity contribution in [2.45, 2.75) is 25.5 Å². The van der Waals surface area contributed by atoms with Gasteiger partial charge in [-0.1, -0.05) is 34.1 Å². The van der Waals surface area contributed by atoms with Crippen LogP contribution in [0.2, 0.25) is 5.02 Å². The van der Waals surface area contributed by atoms with Gasteiger partial charge in [-0.2, -0.15) is 26.3 Å². The van der Waals surface area contributed by atoms with Crippen molar-refractivity contribution in [2.24, 2.45) is 0 Å². The van der Waals surface area contributed by atoms with Gasteiger partial charge in [0.2, 0.25) is 11.5 Å². The molecule has 0 fully saturated rings. The van der Waals surface area contributed by atoms with E-state index in [9.17, 15) is 36.2 Å². The number of aliphatic hydroxyl groups is 1. The van der Waals surface area contributed by atoms with Gasteiger partial charge < -0.3 is 9.63 Å². The summed E-state index contributed by atoms with van der Waals surface area (Å²) >= 11 is 6.21. The Labute approximate surface area is 237 Å². The van der Waals surface area contributed by atoms with Gasteiger partial charge >= 0.3 is 12.4 Å². The van der Waals surface area contributed by atoms with Crippen molar-refractivity contribution in [3.63, 3.8) is 0 Å². The van der Waals surface area contributed by atoms with Gasteiger partial charge in [-0.15, -0.1) is 5.10 Å². The Morgan fingerprint density at radius 3 is 2.19 bits per heavy atom. The van der Waals surface area contributed by atoms with Gasteiger partial charge in [-0.05, 0) is 48.0 Å². The van der Waals surface area contributed by atoms with E-state index < -0.39 is 42.4 Å². The molecule has 0 amide bonds. The molecule has 5 rings (SSSR count). The van der Waals surface area contributed by atoms with Crippen LogP contribution in [0.25, 0.3) is 22.7 Å². The summed E-state index contributed by atoms with van der Waals surface area (Å²) in [6, 6.07) is 10.3. The van der Waals surface area contributed by atoms with E-state index in [1.807, 2.05) is 0 Å². The summed E-state index contributed by atoms with van der Waals surface area (Å²) in [6.07, 6.45) is -7.33. The molecular weight excluding hydrogens is 592 g/mol. The van der Waals surface area contributed by atoms with Crippen LogP contribution in [0, 0.1) is 0 Å². The zero-order valence-corrected chi connectivity index (χ0v) is 21.7. The summed E-state index contributed by atoms with van der Waals surface area (Å²) in [5.74, 6) is -0.925. The highest BCUT2D eigenvalue weighted by Gasteiger charge is 2.37. The third-order valence-corrected chi connectivity index (χ3v) is 6.47. The fraction of sp³-hybridized carbons (Fsp3) is 0.148. The lowest BCUT2D eigenvalue weighted by Crippen LogP contribution is -2.13. The Balaban J connectivity index is 1.69. The van der Waals surface area contributed by atoms with Crippen molar-refractivity contribution in [3.8, 4) is 22.7 Å². The smallest absolute Gasteiger partial charge is 0.390 e. The van der Waals surface area contributed by atoms with E-state index in [2.05, 4.69) is 20.5 Å². The number of hydrogen-bond acceptors (Lipinski definition) is 7. The van der Waals surface area contributed by atoms with Gasteiger partial charge in [0.15, 0.2) is 5.69 Å². The summed E-state index contributed by atoms with van der Waals surface area (Å²) in [7, 11) is 0. The second kappa shape index (κ2) is 11.0. The molecule has 3 heterocycles. The Morgan fingerprint density at radius 2 is 1.60 bits per heavy atom. The van der Waals surface area contributed by atoms with Crippen molar-refractivity contribution < 1.29 is 40.8 Å². The number of aliphatic hydroxyl groups excluding tert-OH is 1. The van der Waals surface area contributed by atoms with Crippen LogP contribution >= 0.6 is 11.6 Å². The van der Waals surface area contributed by atoms with Gasteiger partial charge in [0, 0.05) is 23.5 Å². The van der Waals surface area contributed by atoms with Crippen LogP contribution in [0.15, 0.2) is 71.5 Å². The molecule has 216 valence electrons. The normalized spacial score (nSPS) is 12.1. The number of halogens is 7. The minimum atomic E-state index is -5.05. The highest BCUT2D eigenvalue weighted by atomic mass is 35.5. The van der Waals surface area contributed by atoms with Crippen molar-refractivity contribution in [3.05, 3.63) is 106 Å². The molecule has 1 N–H and O–H groups in total. The third kappa shape index (κ3) is 5.63. The molecule has 42 heavy (non-hydrogen) atoms. The molecule has 2 aromatic carbocycles. The number of ketones is 1. The molecular formula is C27H16ClF6N5O3. The first-order valence-corrected chi connectivity index (χ1v) is 12.3. The highest BCUT2D eigenvalue weighted by Crippen LogP contribution is 2.38. The maximum atomic E-state index is 13.5. The molecule has 15 heteroatoms. The maximum Gasteiger partial charge on any atom is 0.416 e. The van der Waals surface area contributed by atoms with Gasteiger partial charge in [-0.3, -0.25) is 9.78 Å². The average Bonchev–Trinajstić information content (AvgIpc) is 3.56. The minimum Gasteiger partial charge on any atom is -0.390 e. The summed E-state index contributed by atoms with van der Waals surface area (Å²) < 4.78 is 87.3. The second-order valence-corrected chi connectivity index (χ2v) is 9.30. The number of aromatic nitrogens is 5. The van der Waals surface area contributed by atoms with Crippen LogP contribution in [0.3, 0.4) is 0 Å². The van der Waals surface area contributed by atoms with E-state index in [4.69, 9.17) is 16.1 Å². The summed E-state index contributed by atoms with van der Waals surface area (Å²) in [6.45, 7) is -1.29. The number of pyridine rings is 1. The number of carbonyl (C=O) groups excluding carboxylic acids is 1. The molecule has 0 atom stereocenters. The lowest BCUT2D eigenvalue weighted by atomic mass is 9.98. The molecule has 0 bridgehead atoms. The monoisotopic (exact) mass is 607 g/mol. The molecule has 0 aliphatic heterocycles. The zero-order chi connectivity index (χ0) is 30.2. The Kier molecular flexibility index (Phi) is 7.60.